The Morgan fingerprint density at radius 3 is 2.79 bits per heavy atom. The van der Waals surface area contributed by atoms with E-state index in [1.54, 1.807) is 0 Å². The van der Waals surface area contributed by atoms with Crippen LogP contribution in [0.25, 0.3) is 0 Å². The Hall–Kier alpha value is -3.27. The molecule has 7 nitrogen and oxygen atoms in total. The van der Waals surface area contributed by atoms with Gasteiger partial charge in [0.1, 0.15) is 12.6 Å². The highest BCUT2D eigenvalue weighted by molar-refractivity contribution is 9.10. The van der Waals surface area contributed by atoms with Crippen LogP contribution in [0, 0.1) is 6.92 Å². The molecule has 10 heteroatoms. The Morgan fingerprint density at radius 2 is 1.98 bits per heavy atom. The zero-order chi connectivity index (χ0) is 29.2. The van der Waals surface area contributed by atoms with Crippen molar-refractivity contribution >= 4 is 51.0 Å². The maximum atomic E-state index is 13.4. The van der Waals surface area contributed by atoms with Gasteiger partial charge in [0.25, 0.3) is 0 Å². The molecule has 1 unspecified atom stereocenters. The highest BCUT2D eigenvalue weighted by atomic mass is 79.9. The molecule has 0 radical (unpaired) electrons. The van der Waals surface area contributed by atoms with E-state index in [4.69, 9.17) is 31.2 Å². The number of nitrogens with zero attached hydrogens (tertiary/aromatic N) is 3. The maximum Gasteiger partial charge on any atom is 0.227 e. The highest BCUT2D eigenvalue weighted by Gasteiger charge is 2.37. The molecule has 0 saturated heterocycles. The minimum absolute atomic E-state index is 0.119. The molecule has 0 fully saturated rings. The summed E-state index contributed by atoms with van der Waals surface area (Å²) in [4.78, 5) is 18.2. The summed E-state index contributed by atoms with van der Waals surface area (Å²) in [5.74, 6) is 2.59. The summed E-state index contributed by atoms with van der Waals surface area (Å²) in [6.45, 7) is 4.87. The summed E-state index contributed by atoms with van der Waals surface area (Å²) in [6, 6.07) is 19.5. The zero-order valence-corrected chi connectivity index (χ0v) is 26.5. The minimum Gasteiger partial charge on any atom is -0.490 e. The van der Waals surface area contributed by atoms with Crippen LogP contribution in [-0.4, -0.2) is 27.2 Å². The molecule has 0 amide bonds. The normalized spacial score (nSPS) is 16.1. The second-order valence-electron chi connectivity index (χ2n) is 10.3. The molecule has 2 heterocycles. The molecule has 1 aliphatic heterocycles. The molecule has 1 N–H and O–H groups in total. The number of allylic oxidation sites excluding steroid dienone is 2. The number of rotatable bonds is 9. The fourth-order valence-corrected chi connectivity index (χ4v) is 7.06. The number of Topliss-reactive ketones (excluding diaryl/α,β-unsaturated/α-hetero) is 1. The number of anilines is 1. The van der Waals surface area contributed by atoms with Crippen molar-refractivity contribution in [3.8, 4) is 11.5 Å². The Kier molecular flexibility index (Phi) is 8.60. The van der Waals surface area contributed by atoms with Gasteiger partial charge in [0.2, 0.25) is 11.1 Å². The fraction of sp³-hybridized carbons (Fsp3) is 0.281. The molecule has 3 aromatic carbocycles. The van der Waals surface area contributed by atoms with Crippen LogP contribution in [0.3, 0.4) is 0 Å². The van der Waals surface area contributed by atoms with Gasteiger partial charge in [0.05, 0.1) is 11.1 Å². The van der Waals surface area contributed by atoms with Crippen molar-refractivity contribution < 1.29 is 14.3 Å². The van der Waals surface area contributed by atoms with Crippen molar-refractivity contribution in [1.82, 2.24) is 14.8 Å². The van der Waals surface area contributed by atoms with Gasteiger partial charge in [-0.3, -0.25) is 4.79 Å². The van der Waals surface area contributed by atoms with Gasteiger partial charge in [-0.15, -0.1) is 5.10 Å². The van der Waals surface area contributed by atoms with Crippen LogP contribution in [-0.2, 0) is 17.2 Å². The summed E-state index contributed by atoms with van der Waals surface area (Å²) < 4.78 is 14.9. The van der Waals surface area contributed by atoms with E-state index in [0.29, 0.717) is 53.0 Å². The standard InChI is InChI=1S/C32H30BrClN4O3S/c1-3-40-27-16-22(15-23(33)30(27)41-17-20-9-6-8-19(2)14-20)29-28-25(12-7-13-26(28)39)35-31-36-32(37-38(29)31)42-18-21-10-4-5-11-24(21)34/h4-6,8-11,14-16,29H,3,7,12-13,17-18H2,1-2H3,(H,35,36,37). The van der Waals surface area contributed by atoms with Crippen molar-refractivity contribution in [2.45, 2.75) is 56.7 Å². The van der Waals surface area contributed by atoms with Gasteiger partial charge in [-0.2, -0.15) is 4.98 Å². The van der Waals surface area contributed by atoms with Crippen molar-refractivity contribution in [1.29, 1.82) is 0 Å². The van der Waals surface area contributed by atoms with Crippen LogP contribution in [0.5, 0.6) is 11.5 Å². The first kappa shape index (κ1) is 28.8. The maximum absolute atomic E-state index is 13.4. The molecular weight excluding hydrogens is 636 g/mol. The van der Waals surface area contributed by atoms with E-state index in [1.807, 2.05) is 60.1 Å². The largest absolute Gasteiger partial charge is 0.490 e. The number of aryl methyl sites for hydroxylation is 1. The van der Waals surface area contributed by atoms with E-state index in [2.05, 4.69) is 40.3 Å². The molecule has 6 rings (SSSR count). The van der Waals surface area contributed by atoms with Crippen LogP contribution in [0.2, 0.25) is 5.02 Å². The number of ether oxygens (including phenoxy) is 2. The van der Waals surface area contributed by atoms with Gasteiger partial charge in [-0.05, 0) is 77.5 Å². The summed E-state index contributed by atoms with van der Waals surface area (Å²) in [7, 11) is 0. The SMILES string of the molecule is CCOc1cc(C2C3=C(CCCC3=O)Nc3nc(SCc4ccccc4Cl)nn32)cc(Br)c1OCc1cccc(C)c1. The van der Waals surface area contributed by atoms with Crippen LogP contribution in [0.1, 0.15) is 54.5 Å². The van der Waals surface area contributed by atoms with E-state index in [9.17, 15) is 4.79 Å². The average Bonchev–Trinajstić information content (AvgIpc) is 3.38. The second-order valence-corrected chi connectivity index (χ2v) is 12.5. The lowest BCUT2D eigenvalue weighted by molar-refractivity contribution is -0.116. The lowest BCUT2D eigenvalue weighted by Gasteiger charge is -2.32. The molecule has 216 valence electrons. The topological polar surface area (TPSA) is 78.3 Å². The van der Waals surface area contributed by atoms with E-state index in [1.165, 1.54) is 17.3 Å². The molecule has 0 spiro atoms. The number of halogens is 2. The first-order valence-electron chi connectivity index (χ1n) is 13.9. The predicted octanol–water partition coefficient (Wildman–Crippen LogP) is 8.29. The molecule has 0 saturated carbocycles. The number of carbonyl (C=O) groups excluding carboxylic acids is 1. The quantitative estimate of drug-likeness (QED) is 0.180. The number of fused-ring (bicyclic) bond motifs is 1. The third-order valence-electron chi connectivity index (χ3n) is 7.28. The lowest BCUT2D eigenvalue weighted by Crippen LogP contribution is -2.31. The monoisotopic (exact) mass is 664 g/mol. The van der Waals surface area contributed by atoms with Gasteiger partial charge < -0.3 is 14.8 Å². The average molecular weight is 666 g/mol. The first-order chi connectivity index (χ1) is 20.4. The number of hydrogen-bond donors (Lipinski definition) is 1. The van der Waals surface area contributed by atoms with Crippen molar-refractivity contribution in [3.63, 3.8) is 0 Å². The van der Waals surface area contributed by atoms with Crippen molar-refractivity contribution in [2.24, 2.45) is 0 Å². The molecule has 0 bridgehead atoms. The van der Waals surface area contributed by atoms with E-state index < -0.39 is 6.04 Å². The Morgan fingerprint density at radius 1 is 1.12 bits per heavy atom. The van der Waals surface area contributed by atoms with Gasteiger partial charge >= 0.3 is 0 Å². The third kappa shape index (κ3) is 5.96. The van der Waals surface area contributed by atoms with Gasteiger partial charge in [0, 0.05) is 28.5 Å². The predicted molar refractivity (Wildman–Crippen MR) is 170 cm³/mol. The number of hydrogen-bond acceptors (Lipinski definition) is 7. The Bertz CT molecular complexity index is 1690. The van der Waals surface area contributed by atoms with Gasteiger partial charge in [-0.1, -0.05) is 71.4 Å². The second kappa shape index (κ2) is 12.5. The Labute approximate surface area is 262 Å². The van der Waals surface area contributed by atoms with E-state index in [0.717, 1.165) is 45.3 Å². The molecule has 1 aliphatic carbocycles. The number of aromatic nitrogens is 3. The summed E-state index contributed by atoms with van der Waals surface area (Å²) in [6.07, 6.45) is 2.09. The van der Waals surface area contributed by atoms with Crippen LogP contribution < -0.4 is 14.8 Å². The number of carbonyl (C=O) groups is 1. The number of ketones is 1. The minimum atomic E-state index is -0.451. The molecule has 2 aliphatic rings. The molecule has 1 atom stereocenters. The fourth-order valence-electron chi connectivity index (χ4n) is 5.37. The molecule has 42 heavy (non-hydrogen) atoms. The van der Waals surface area contributed by atoms with E-state index >= 15 is 0 Å². The first-order valence-corrected chi connectivity index (χ1v) is 16.1. The van der Waals surface area contributed by atoms with Crippen LogP contribution in [0.4, 0.5) is 5.95 Å². The molecule has 1 aromatic heterocycles. The summed E-state index contributed by atoms with van der Waals surface area (Å²) in [5.41, 5.74) is 5.77. The highest BCUT2D eigenvalue weighted by Crippen LogP contribution is 2.45. The van der Waals surface area contributed by atoms with Gasteiger partial charge in [-0.25, -0.2) is 4.68 Å². The lowest BCUT2D eigenvalue weighted by atomic mass is 9.85. The smallest absolute Gasteiger partial charge is 0.227 e. The molecule has 4 aromatic rings. The Balaban J connectivity index is 1.36. The summed E-state index contributed by atoms with van der Waals surface area (Å²) in [5, 5.41) is 9.61. The molecular formula is C32H30BrClN4O3S. The van der Waals surface area contributed by atoms with Crippen LogP contribution in [0.15, 0.2) is 81.6 Å². The summed E-state index contributed by atoms with van der Waals surface area (Å²) >= 11 is 11.6. The van der Waals surface area contributed by atoms with Crippen molar-refractivity contribution in [2.75, 3.05) is 11.9 Å². The zero-order valence-electron chi connectivity index (χ0n) is 23.3. The van der Waals surface area contributed by atoms with E-state index in [-0.39, 0.29) is 5.78 Å². The van der Waals surface area contributed by atoms with Gasteiger partial charge in [0.15, 0.2) is 17.3 Å². The third-order valence-corrected chi connectivity index (χ3v) is 9.12. The number of thioether (sulfide) groups is 1. The van der Waals surface area contributed by atoms with Crippen LogP contribution >= 0.6 is 39.3 Å². The van der Waals surface area contributed by atoms with Crippen molar-refractivity contribution in [3.05, 3.63) is 104 Å². The number of benzene rings is 3. The number of nitrogens with one attached hydrogen (secondary N) is 1.